The van der Waals surface area contributed by atoms with Crippen molar-refractivity contribution in [3.05, 3.63) is 53.6 Å². The van der Waals surface area contributed by atoms with Gasteiger partial charge in [-0.1, -0.05) is 38.0 Å². The number of rotatable bonds is 7. The van der Waals surface area contributed by atoms with Crippen LogP contribution in [0.2, 0.25) is 0 Å². The van der Waals surface area contributed by atoms with E-state index in [1.165, 1.54) is 0 Å². The van der Waals surface area contributed by atoms with E-state index in [1.54, 1.807) is 30.3 Å². The normalized spacial score (nSPS) is 11.2. The van der Waals surface area contributed by atoms with Crippen LogP contribution >= 0.6 is 0 Å². The number of carbonyl (C=O) groups excluding carboxylic acids is 1. The lowest BCUT2D eigenvalue weighted by molar-refractivity contribution is 0.102. The fourth-order valence-electron chi connectivity index (χ4n) is 2.87. The third-order valence-corrected chi connectivity index (χ3v) is 4.45. The lowest BCUT2D eigenvalue weighted by Gasteiger charge is -2.18. The first-order chi connectivity index (χ1) is 14.3. The number of carbonyl (C=O) groups is 1. The molecule has 0 saturated heterocycles. The van der Waals surface area contributed by atoms with E-state index in [0.29, 0.717) is 35.8 Å². The Labute approximate surface area is 176 Å². The van der Waals surface area contributed by atoms with Crippen LogP contribution in [0, 0.1) is 0 Å². The predicted octanol–water partition coefficient (Wildman–Crippen LogP) is 5.08. The molecule has 0 aliphatic rings. The number of hydrogen-bond acceptors (Lipinski definition) is 6. The topological polar surface area (TPSA) is 86.5 Å². The van der Waals surface area contributed by atoms with Crippen LogP contribution in [0.15, 0.2) is 46.9 Å². The summed E-state index contributed by atoms with van der Waals surface area (Å²) in [5.41, 5.74) is 2.36. The van der Waals surface area contributed by atoms with Crippen molar-refractivity contribution < 1.29 is 18.7 Å². The fourth-order valence-corrected chi connectivity index (χ4v) is 2.87. The van der Waals surface area contributed by atoms with E-state index in [0.717, 1.165) is 5.56 Å². The molecule has 0 radical (unpaired) electrons. The molecular formula is C23H27N3O4. The van der Waals surface area contributed by atoms with E-state index in [1.807, 2.05) is 26.0 Å². The largest absolute Gasteiger partial charge is 0.490 e. The highest BCUT2D eigenvalue weighted by atomic mass is 16.5. The molecule has 0 spiro atoms. The van der Waals surface area contributed by atoms with Crippen molar-refractivity contribution in [3.63, 3.8) is 0 Å². The minimum atomic E-state index is -0.313. The van der Waals surface area contributed by atoms with Gasteiger partial charge in [-0.25, -0.2) is 0 Å². The maximum Gasteiger partial charge on any atom is 0.322 e. The number of hydrogen-bond donors (Lipinski definition) is 1. The van der Waals surface area contributed by atoms with Gasteiger partial charge < -0.3 is 13.9 Å². The van der Waals surface area contributed by atoms with Crippen molar-refractivity contribution in [1.82, 2.24) is 10.2 Å². The molecule has 30 heavy (non-hydrogen) atoms. The van der Waals surface area contributed by atoms with Gasteiger partial charge in [0.2, 0.25) is 5.89 Å². The van der Waals surface area contributed by atoms with Gasteiger partial charge in [-0.15, -0.1) is 5.10 Å². The van der Waals surface area contributed by atoms with Gasteiger partial charge in [0, 0.05) is 11.1 Å². The highest BCUT2D eigenvalue weighted by Crippen LogP contribution is 2.33. The Hall–Kier alpha value is -3.35. The molecular weight excluding hydrogens is 382 g/mol. The van der Waals surface area contributed by atoms with Gasteiger partial charge in [0.25, 0.3) is 5.91 Å². The van der Waals surface area contributed by atoms with Gasteiger partial charge in [0.05, 0.1) is 13.2 Å². The molecule has 0 unspecified atom stereocenters. The van der Waals surface area contributed by atoms with E-state index >= 15 is 0 Å². The smallest absolute Gasteiger partial charge is 0.322 e. The summed E-state index contributed by atoms with van der Waals surface area (Å²) < 4.78 is 16.8. The third-order valence-electron chi connectivity index (χ3n) is 4.45. The second-order valence-electron chi connectivity index (χ2n) is 7.72. The summed E-state index contributed by atoms with van der Waals surface area (Å²) >= 11 is 0. The fraction of sp³-hybridized carbons (Fsp3) is 0.348. The van der Waals surface area contributed by atoms with Crippen LogP contribution in [0.25, 0.3) is 11.5 Å². The Morgan fingerprint density at radius 1 is 0.967 bits per heavy atom. The monoisotopic (exact) mass is 409 g/mol. The highest BCUT2D eigenvalue weighted by molar-refractivity contribution is 6.03. The number of anilines is 1. The van der Waals surface area contributed by atoms with Gasteiger partial charge in [0.1, 0.15) is 0 Å². The molecule has 1 amide bonds. The summed E-state index contributed by atoms with van der Waals surface area (Å²) in [7, 11) is 0. The first kappa shape index (κ1) is 21.4. The van der Waals surface area contributed by atoms with Gasteiger partial charge in [0.15, 0.2) is 11.5 Å². The molecule has 1 N–H and O–H groups in total. The Bertz CT molecular complexity index is 1000. The molecule has 158 valence electrons. The molecule has 1 aromatic heterocycles. The summed E-state index contributed by atoms with van der Waals surface area (Å²) in [6.45, 7) is 11.2. The summed E-state index contributed by atoms with van der Waals surface area (Å²) in [6.07, 6.45) is 0. The second-order valence-corrected chi connectivity index (χ2v) is 7.72. The summed E-state index contributed by atoms with van der Waals surface area (Å²) in [5, 5.41) is 10.6. The van der Waals surface area contributed by atoms with Gasteiger partial charge in [-0.05, 0) is 55.2 Å². The van der Waals surface area contributed by atoms with Gasteiger partial charge in [-0.3, -0.25) is 10.1 Å². The van der Waals surface area contributed by atoms with Crippen LogP contribution < -0.4 is 14.8 Å². The molecule has 3 rings (SSSR count). The van der Waals surface area contributed by atoms with E-state index in [9.17, 15) is 4.79 Å². The summed E-state index contributed by atoms with van der Waals surface area (Å²) in [5.74, 6) is 1.21. The van der Waals surface area contributed by atoms with Crippen molar-refractivity contribution in [2.24, 2.45) is 0 Å². The average molecular weight is 409 g/mol. The van der Waals surface area contributed by atoms with Gasteiger partial charge >= 0.3 is 6.01 Å². The van der Waals surface area contributed by atoms with E-state index in [2.05, 4.69) is 36.3 Å². The minimum absolute atomic E-state index is 0.0223. The number of ether oxygens (including phenoxy) is 2. The first-order valence-corrected chi connectivity index (χ1v) is 9.97. The molecule has 2 aromatic carbocycles. The van der Waals surface area contributed by atoms with E-state index in [-0.39, 0.29) is 23.2 Å². The summed E-state index contributed by atoms with van der Waals surface area (Å²) in [6, 6.07) is 12.9. The first-order valence-electron chi connectivity index (χ1n) is 9.97. The number of amides is 1. The molecule has 0 aliphatic heterocycles. The van der Waals surface area contributed by atoms with E-state index < -0.39 is 0 Å². The minimum Gasteiger partial charge on any atom is -0.490 e. The van der Waals surface area contributed by atoms with Crippen LogP contribution in [0.3, 0.4) is 0 Å². The Morgan fingerprint density at radius 3 is 2.27 bits per heavy atom. The zero-order valence-corrected chi connectivity index (χ0v) is 18.0. The zero-order chi connectivity index (χ0) is 21.7. The second kappa shape index (κ2) is 8.98. The molecule has 7 heteroatoms. The number of aromatic nitrogens is 2. The third kappa shape index (κ3) is 4.97. The van der Waals surface area contributed by atoms with Crippen molar-refractivity contribution >= 4 is 11.9 Å². The molecule has 0 aliphatic carbocycles. The SMILES string of the molecule is CCOc1ccc(-c2nnc(NC(=O)c3ccc(C(C)(C)C)cc3)o2)cc1OCC. The van der Waals surface area contributed by atoms with Crippen molar-refractivity contribution in [2.75, 3.05) is 18.5 Å². The zero-order valence-electron chi connectivity index (χ0n) is 18.0. The van der Waals surface area contributed by atoms with Crippen LogP contribution in [0.1, 0.15) is 50.5 Å². The van der Waals surface area contributed by atoms with Crippen LogP contribution in [0.4, 0.5) is 6.01 Å². The van der Waals surface area contributed by atoms with Crippen molar-refractivity contribution in [1.29, 1.82) is 0 Å². The number of benzene rings is 2. The molecule has 1 heterocycles. The van der Waals surface area contributed by atoms with Crippen LogP contribution in [0.5, 0.6) is 11.5 Å². The maximum absolute atomic E-state index is 12.5. The standard InChI is InChI=1S/C23H27N3O4/c1-6-28-18-13-10-16(14-19(18)29-7-2)21-25-26-22(30-21)24-20(27)15-8-11-17(12-9-15)23(3,4)5/h8-14H,6-7H2,1-5H3,(H,24,26,27). The lowest BCUT2D eigenvalue weighted by Crippen LogP contribution is -2.14. The molecule has 7 nitrogen and oxygen atoms in total. The van der Waals surface area contributed by atoms with Crippen molar-refractivity contribution in [2.45, 2.75) is 40.0 Å². The number of nitrogens with one attached hydrogen (secondary N) is 1. The summed E-state index contributed by atoms with van der Waals surface area (Å²) in [4.78, 5) is 12.5. The lowest BCUT2D eigenvalue weighted by atomic mass is 9.87. The maximum atomic E-state index is 12.5. The molecule has 0 bridgehead atoms. The Balaban J connectivity index is 1.75. The van der Waals surface area contributed by atoms with Crippen LogP contribution in [-0.4, -0.2) is 29.3 Å². The van der Waals surface area contributed by atoms with Gasteiger partial charge in [-0.2, -0.15) is 0 Å². The number of nitrogens with zero attached hydrogens (tertiary/aromatic N) is 2. The molecule has 0 atom stereocenters. The van der Waals surface area contributed by atoms with E-state index in [4.69, 9.17) is 13.9 Å². The highest BCUT2D eigenvalue weighted by Gasteiger charge is 2.17. The Kier molecular flexibility index (Phi) is 6.40. The molecule has 3 aromatic rings. The Morgan fingerprint density at radius 2 is 1.63 bits per heavy atom. The predicted molar refractivity (Wildman–Crippen MR) is 115 cm³/mol. The quantitative estimate of drug-likeness (QED) is 0.585. The molecule has 0 fully saturated rings. The molecule has 0 saturated carbocycles. The van der Waals surface area contributed by atoms with Crippen LogP contribution in [-0.2, 0) is 5.41 Å². The van der Waals surface area contributed by atoms with Crippen molar-refractivity contribution in [3.8, 4) is 23.0 Å². The average Bonchev–Trinajstić information content (AvgIpc) is 3.17.